The number of carbonyl (C=O) groups excluding carboxylic acids is 3. The maximum atomic E-state index is 11.9. The molecule has 2 N–H and O–H groups in total. The summed E-state index contributed by atoms with van der Waals surface area (Å²) in [4.78, 5) is 35.0. The third-order valence-electron chi connectivity index (χ3n) is 3.69. The normalized spacial score (nSPS) is 14.2. The number of halogens is 2. The number of hydrogen-bond acceptors (Lipinski definition) is 3. The predicted octanol–water partition coefficient (Wildman–Crippen LogP) is 3.44. The van der Waals surface area contributed by atoms with Gasteiger partial charge in [0.25, 0.3) is 11.8 Å². The molecule has 1 heterocycles. The van der Waals surface area contributed by atoms with Crippen LogP contribution in [0.4, 0.5) is 4.79 Å². The molecule has 1 aliphatic heterocycles. The molecule has 1 saturated heterocycles. The first-order valence-corrected chi connectivity index (χ1v) is 8.51. The molecule has 1 aliphatic rings. The molecule has 7 heteroatoms. The Morgan fingerprint density at radius 3 is 2.32 bits per heavy atom. The lowest BCUT2D eigenvalue weighted by Crippen LogP contribution is -2.51. The van der Waals surface area contributed by atoms with Gasteiger partial charge in [-0.3, -0.25) is 20.2 Å². The van der Waals surface area contributed by atoms with Gasteiger partial charge < -0.3 is 0 Å². The highest BCUT2D eigenvalue weighted by Gasteiger charge is 2.27. The van der Waals surface area contributed by atoms with Crippen LogP contribution < -0.4 is 10.6 Å². The number of benzene rings is 2. The van der Waals surface area contributed by atoms with E-state index in [9.17, 15) is 14.4 Å². The van der Waals surface area contributed by atoms with Gasteiger partial charge in [0.2, 0.25) is 0 Å². The zero-order valence-corrected chi connectivity index (χ0v) is 15.1. The van der Waals surface area contributed by atoms with Gasteiger partial charge in [0.05, 0.1) is 0 Å². The minimum atomic E-state index is -0.822. The number of urea groups is 1. The molecule has 1 fully saturated rings. The van der Waals surface area contributed by atoms with E-state index in [4.69, 9.17) is 11.6 Å². The van der Waals surface area contributed by atoms with Crippen LogP contribution in [0.2, 0.25) is 5.02 Å². The van der Waals surface area contributed by atoms with Crippen LogP contribution >= 0.6 is 27.5 Å². The Kier molecular flexibility index (Phi) is 5.01. The Hall–Kier alpha value is -2.44. The molecular weight excluding hydrogens is 408 g/mol. The average molecular weight is 420 g/mol. The Balaban J connectivity index is 2.01. The van der Waals surface area contributed by atoms with Gasteiger partial charge in [0.15, 0.2) is 0 Å². The maximum absolute atomic E-state index is 11.9. The van der Waals surface area contributed by atoms with Gasteiger partial charge in [-0.25, -0.2) is 4.79 Å². The van der Waals surface area contributed by atoms with E-state index >= 15 is 0 Å². The van der Waals surface area contributed by atoms with E-state index in [1.807, 2.05) is 36.4 Å². The first-order chi connectivity index (χ1) is 11.9. The molecule has 0 atom stereocenters. The van der Waals surface area contributed by atoms with Gasteiger partial charge in [0.1, 0.15) is 5.57 Å². The van der Waals surface area contributed by atoms with Gasteiger partial charge in [-0.15, -0.1) is 0 Å². The largest absolute Gasteiger partial charge is 0.328 e. The second kappa shape index (κ2) is 7.21. The van der Waals surface area contributed by atoms with E-state index < -0.39 is 17.8 Å². The molecule has 0 bridgehead atoms. The number of carbonyl (C=O) groups is 3. The molecular formula is C18H12BrClN2O3. The van der Waals surface area contributed by atoms with Gasteiger partial charge >= 0.3 is 6.03 Å². The number of hydrogen-bond donors (Lipinski definition) is 2. The van der Waals surface area contributed by atoms with Crippen molar-refractivity contribution in [1.82, 2.24) is 10.6 Å². The standard InChI is InChI=1S/C18H12BrClN2O3/c19-13-6-5-10(7-11-3-1-2-4-15(11)20)12(8-13)9-14-16(23)21-18(25)22-17(14)24/h1-6,8-9H,7H2,(H2,21,22,23,24,25). The van der Waals surface area contributed by atoms with Crippen molar-refractivity contribution < 1.29 is 14.4 Å². The molecule has 126 valence electrons. The van der Waals surface area contributed by atoms with Crippen LogP contribution in [0, 0.1) is 0 Å². The first-order valence-electron chi connectivity index (χ1n) is 7.34. The van der Waals surface area contributed by atoms with Gasteiger partial charge in [-0.2, -0.15) is 0 Å². The minimum Gasteiger partial charge on any atom is -0.273 e. The van der Waals surface area contributed by atoms with Crippen molar-refractivity contribution >= 4 is 51.5 Å². The van der Waals surface area contributed by atoms with Crippen molar-refractivity contribution in [2.45, 2.75) is 6.42 Å². The predicted molar refractivity (Wildman–Crippen MR) is 98.1 cm³/mol. The molecule has 0 unspecified atom stereocenters. The van der Waals surface area contributed by atoms with E-state index in [1.165, 1.54) is 6.08 Å². The number of rotatable bonds is 3. The highest BCUT2D eigenvalue weighted by molar-refractivity contribution is 9.10. The van der Waals surface area contributed by atoms with Crippen LogP contribution in [0.15, 0.2) is 52.5 Å². The summed E-state index contributed by atoms with van der Waals surface area (Å²) < 4.78 is 0.801. The van der Waals surface area contributed by atoms with Crippen LogP contribution in [-0.4, -0.2) is 17.8 Å². The van der Waals surface area contributed by atoms with E-state index in [0.717, 1.165) is 15.6 Å². The second-order valence-electron chi connectivity index (χ2n) is 5.41. The molecule has 0 aromatic heterocycles. The summed E-state index contributed by atoms with van der Waals surface area (Å²) in [6, 6.07) is 12.2. The van der Waals surface area contributed by atoms with Crippen molar-refractivity contribution in [3.8, 4) is 0 Å². The molecule has 0 aliphatic carbocycles. The Morgan fingerprint density at radius 2 is 1.64 bits per heavy atom. The lowest BCUT2D eigenvalue weighted by Gasteiger charge is -2.15. The number of imide groups is 2. The Bertz CT molecular complexity index is 902. The molecule has 0 saturated carbocycles. The van der Waals surface area contributed by atoms with Crippen LogP contribution in [-0.2, 0) is 16.0 Å². The zero-order valence-electron chi connectivity index (χ0n) is 12.8. The number of nitrogens with one attached hydrogen (secondary N) is 2. The first kappa shape index (κ1) is 17.4. The topological polar surface area (TPSA) is 75.3 Å². The van der Waals surface area contributed by atoms with Crippen LogP contribution in [0.1, 0.15) is 16.7 Å². The summed E-state index contributed by atoms with van der Waals surface area (Å²) in [7, 11) is 0. The Labute approximate surface area is 157 Å². The van der Waals surface area contributed by atoms with Gasteiger partial charge in [-0.1, -0.05) is 51.8 Å². The fourth-order valence-electron chi connectivity index (χ4n) is 2.47. The summed E-state index contributed by atoms with van der Waals surface area (Å²) in [5.74, 6) is -1.45. The summed E-state index contributed by atoms with van der Waals surface area (Å²) >= 11 is 9.61. The third-order valence-corrected chi connectivity index (χ3v) is 4.55. The summed E-state index contributed by atoms with van der Waals surface area (Å²) in [6.45, 7) is 0. The fourth-order valence-corrected chi connectivity index (χ4v) is 3.05. The molecule has 3 rings (SSSR count). The van der Waals surface area contributed by atoms with Crippen LogP contribution in [0.3, 0.4) is 0 Å². The summed E-state index contributed by atoms with van der Waals surface area (Å²) in [5, 5.41) is 4.77. The number of barbiturate groups is 1. The van der Waals surface area contributed by atoms with E-state index in [2.05, 4.69) is 26.6 Å². The average Bonchev–Trinajstić information content (AvgIpc) is 2.55. The van der Waals surface area contributed by atoms with E-state index in [1.54, 1.807) is 6.07 Å². The van der Waals surface area contributed by atoms with E-state index in [0.29, 0.717) is 17.0 Å². The van der Waals surface area contributed by atoms with Crippen molar-refractivity contribution in [2.24, 2.45) is 0 Å². The van der Waals surface area contributed by atoms with Gasteiger partial charge in [0, 0.05) is 9.50 Å². The van der Waals surface area contributed by atoms with E-state index in [-0.39, 0.29) is 5.57 Å². The molecule has 25 heavy (non-hydrogen) atoms. The van der Waals surface area contributed by atoms with Crippen molar-refractivity contribution in [2.75, 3.05) is 0 Å². The third kappa shape index (κ3) is 3.97. The SMILES string of the molecule is O=C1NC(=O)C(=Cc2cc(Br)ccc2Cc2ccccc2Cl)C(=O)N1. The van der Waals surface area contributed by atoms with Gasteiger partial charge in [-0.05, 0) is 47.4 Å². The molecule has 2 aromatic rings. The summed E-state index contributed by atoms with van der Waals surface area (Å²) in [5.41, 5.74) is 2.38. The minimum absolute atomic E-state index is 0.127. The van der Waals surface area contributed by atoms with Crippen molar-refractivity contribution in [3.05, 3.63) is 74.2 Å². The molecule has 0 radical (unpaired) electrons. The zero-order chi connectivity index (χ0) is 18.0. The van der Waals surface area contributed by atoms with Crippen LogP contribution in [0.5, 0.6) is 0 Å². The fraction of sp³-hybridized carbons (Fsp3) is 0.0556. The molecule has 4 amide bonds. The lowest BCUT2D eigenvalue weighted by molar-refractivity contribution is -0.123. The van der Waals surface area contributed by atoms with Crippen molar-refractivity contribution in [1.29, 1.82) is 0 Å². The highest BCUT2D eigenvalue weighted by Crippen LogP contribution is 2.25. The smallest absolute Gasteiger partial charge is 0.273 e. The maximum Gasteiger partial charge on any atom is 0.328 e. The molecule has 5 nitrogen and oxygen atoms in total. The van der Waals surface area contributed by atoms with Crippen molar-refractivity contribution in [3.63, 3.8) is 0 Å². The highest BCUT2D eigenvalue weighted by atomic mass is 79.9. The number of amides is 4. The Morgan fingerprint density at radius 1 is 0.960 bits per heavy atom. The second-order valence-corrected chi connectivity index (χ2v) is 6.73. The lowest BCUT2D eigenvalue weighted by atomic mass is 9.97. The summed E-state index contributed by atoms with van der Waals surface area (Å²) in [6.07, 6.45) is 2.00. The molecule has 0 spiro atoms. The monoisotopic (exact) mass is 418 g/mol. The van der Waals surface area contributed by atoms with Crippen LogP contribution in [0.25, 0.3) is 6.08 Å². The quantitative estimate of drug-likeness (QED) is 0.591. The molecule has 2 aromatic carbocycles.